The van der Waals surface area contributed by atoms with Crippen LogP contribution in [-0.4, -0.2) is 57.2 Å². The van der Waals surface area contributed by atoms with Crippen LogP contribution in [0.2, 0.25) is 5.02 Å². The van der Waals surface area contributed by atoms with Crippen molar-refractivity contribution in [3.05, 3.63) is 105 Å². The van der Waals surface area contributed by atoms with E-state index in [2.05, 4.69) is 52.0 Å². The van der Waals surface area contributed by atoms with Crippen molar-refractivity contribution < 1.29 is 9.52 Å². The van der Waals surface area contributed by atoms with E-state index in [4.69, 9.17) is 21.0 Å². The first kappa shape index (κ1) is 31.3. The third kappa shape index (κ3) is 6.60. The highest BCUT2D eigenvalue weighted by atomic mass is 35.5. The zero-order valence-electron chi connectivity index (χ0n) is 26.8. The van der Waals surface area contributed by atoms with Crippen molar-refractivity contribution in [1.29, 1.82) is 5.26 Å². The molecule has 4 heterocycles. The zero-order valence-corrected chi connectivity index (χ0v) is 27.6. The number of likely N-dealkylation sites (tertiary alicyclic amines) is 2. The van der Waals surface area contributed by atoms with Gasteiger partial charge in [0.2, 0.25) is 5.89 Å². The van der Waals surface area contributed by atoms with Gasteiger partial charge in [-0.05, 0) is 116 Å². The van der Waals surface area contributed by atoms with E-state index >= 15 is 0 Å². The first-order valence-corrected chi connectivity index (χ1v) is 16.7. The fourth-order valence-electron chi connectivity index (χ4n) is 6.90. The van der Waals surface area contributed by atoms with Crippen LogP contribution >= 0.6 is 11.6 Å². The van der Waals surface area contributed by atoms with Gasteiger partial charge in [-0.25, -0.2) is 4.98 Å². The molecule has 0 saturated carbocycles. The van der Waals surface area contributed by atoms with Crippen LogP contribution in [0.4, 0.5) is 0 Å². The molecule has 2 fully saturated rings. The van der Waals surface area contributed by atoms with Crippen molar-refractivity contribution in [2.24, 2.45) is 0 Å². The molecule has 3 aromatic carbocycles. The summed E-state index contributed by atoms with van der Waals surface area (Å²) < 4.78 is 6.23. The van der Waals surface area contributed by atoms with Crippen molar-refractivity contribution in [3.63, 3.8) is 0 Å². The molecule has 2 aliphatic rings. The van der Waals surface area contributed by atoms with E-state index in [0.717, 1.165) is 83.6 Å². The lowest BCUT2D eigenvalue weighted by Crippen LogP contribution is -2.21. The number of pyridine rings is 1. The quantitative estimate of drug-likeness (QED) is 0.183. The van der Waals surface area contributed by atoms with Crippen molar-refractivity contribution in [2.75, 3.05) is 26.2 Å². The molecular formula is C39H38ClN5O2. The first-order chi connectivity index (χ1) is 22.9. The fraction of sp³-hybridized carbons (Fsp3) is 0.308. The number of oxazole rings is 1. The smallest absolute Gasteiger partial charge is 0.227 e. The summed E-state index contributed by atoms with van der Waals surface area (Å²) in [6.07, 6.45) is 8.66. The van der Waals surface area contributed by atoms with E-state index in [0.29, 0.717) is 28.7 Å². The number of aliphatic hydroxyl groups is 1. The van der Waals surface area contributed by atoms with E-state index in [1.807, 2.05) is 49.4 Å². The number of aryl methyl sites for hydroxylation is 1. The van der Waals surface area contributed by atoms with Crippen molar-refractivity contribution in [2.45, 2.75) is 52.3 Å². The van der Waals surface area contributed by atoms with Gasteiger partial charge in [0.1, 0.15) is 11.6 Å². The van der Waals surface area contributed by atoms with Gasteiger partial charge >= 0.3 is 0 Å². The van der Waals surface area contributed by atoms with Crippen LogP contribution in [0.5, 0.6) is 0 Å². The maximum Gasteiger partial charge on any atom is 0.227 e. The van der Waals surface area contributed by atoms with E-state index in [1.54, 1.807) is 6.20 Å². The summed E-state index contributed by atoms with van der Waals surface area (Å²) in [6, 6.07) is 20.6. The van der Waals surface area contributed by atoms with Crippen LogP contribution in [0.3, 0.4) is 0 Å². The Bertz CT molecular complexity index is 2020. The maximum absolute atomic E-state index is 10.3. The Morgan fingerprint density at radius 2 is 1.81 bits per heavy atom. The highest BCUT2D eigenvalue weighted by Crippen LogP contribution is 2.35. The molecule has 47 heavy (non-hydrogen) atoms. The van der Waals surface area contributed by atoms with E-state index in [1.165, 1.54) is 24.0 Å². The van der Waals surface area contributed by atoms with Crippen LogP contribution in [0.1, 0.15) is 58.3 Å². The maximum atomic E-state index is 10.3. The van der Waals surface area contributed by atoms with E-state index in [-0.39, 0.29) is 6.10 Å². The molecule has 1 N–H and O–H groups in total. The summed E-state index contributed by atoms with van der Waals surface area (Å²) >= 11 is 6.75. The summed E-state index contributed by atoms with van der Waals surface area (Å²) in [5.74, 6) is 0.541. The minimum atomic E-state index is -0.244. The average Bonchev–Trinajstić information content (AvgIpc) is 3.83. The molecule has 1 atom stereocenters. The lowest BCUT2D eigenvalue weighted by atomic mass is 9.93. The highest BCUT2D eigenvalue weighted by molar-refractivity contribution is 6.32. The number of β-amino-alcohol motifs (C(OH)–C–C–N with tert-alkyl or cyclic N) is 1. The van der Waals surface area contributed by atoms with Crippen LogP contribution < -0.4 is 0 Å². The van der Waals surface area contributed by atoms with Crippen molar-refractivity contribution in [3.8, 4) is 28.7 Å². The summed E-state index contributed by atoms with van der Waals surface area (Å²) in [5.41, 5.74) is 10.7. The molecule has 0 amide bonds. The average molecular weight is 644 g/mol. The van der Waals surface area contributed by atoms with Crippen LogP contribution in [0.25, 0.3) is 45.8 Å². The Morgan fingerprint density at radius 1 is 0.979 bits per heavy atom. The van der Waals surface area contributed by atoms with Crippen LogP contribution in [0, 0.1) is 25.2 Å². The SMILES string of the molecule is Cc1cc(/C=C/c2nccc(-c3cccc(-c4nc5cc(CN6CC[C@@H](O)C6)ccc5o4)c3C)c2C#N)c(Cl)cc1CN1CCCC1. The third-order valence-electron chi connectivity index (χ3n) is 9.52. The number of fused-ring (bicyclic) bond motifs is 1. The second kappa shape index (κ2) is 13.4. The van der Waals surface area contributed by atoms with Crippen LogP contribution in [-0.2, 0) is 13.1 Å². The number of aliphatic hydroxyl groups excluding tert-OH is 1. The Morgan fingerprint density at radius 3 is 2.60 bits per heavy atom. The second-order valence-corrected chi connectivity index (χ2v) is 13.2. The first-order valence-electron chi connectivity index (χ1n) is 16.3. The number of nitriles is 1. The number of hydrogen-bond donors (Lipinski definition) is 1. The van der Waals surface area contributed by atoms with Gasteiger partial charge in [0.25, 0.3) is 0 Å². The van der Waals surface area contributed by atoms with Gasteiger partial charge in [-0.2, -0.15) is 5.26 Å². The van der Waals surface area contributed by atoms with E-state index in [9.17, 15) is 10.4 Å². The van der Waals surface area contributed by atoms with Gasteiger partial charge < -0.3 is 9.52 Å². The number of rotatable bonds is 8. The molecule has 2 aliphatic heterocycles. The van der Waals surface area contributed by atoms with E-state index < -0.39 is 0 Å². The zero-order chi connectivity index (χ0) is 32.5. The summed E-state index contributed by atoms with van der Waals surface area (Å²) in [4.78, 5) is 14.2. The lowest BCUT2D eigenvalue weighted by Gasteiger charge is -2.17. The molecule has 2 aromatic heterocycles. The van der Waals surface area contributed by atoms with Gasteiger partial charge in [0.05, 0.1) is 17.4 Å². The number of halogens is 1. The third-order valence-corrected chi connectivity index (χ3v) is 9.85. The summed E-state index contributed by atoms with van der Waals surface area (Å²) in [7, 11) is 0. The molecule has 0 unspecified atom stereocenters. The molecule has 5 aromatic rings. The predicted molar refractivity (Wildman–Crippen MR) is 188 cm³/mol. The monoisotopic (exact) mass is 643 g/mol. The number of aromatic nitrogens is 2. The molecule has 0 spiro atoms. The Kier molecular flexibility index (Phi) is 8.94. The second-order valence-electron chi connectivity index (χ2n) is 12.8. The van der Waals surface area contributed by atoms with Gasteiger partial charge in [-0.15, -0.1) is 0 Å². The Hall–Kier alpha value is -4.32. The molecule has 7 nitrogen and oxygen atoms in total. The minimum absolute atomic E-state index is 0.244. The van der Waals surface area contributed by atoms with Crippen molar-refractivity contribution in [1.82, 2.24) is 19.8 Å². The predicted octanol–water partition coefficient (Wildman–Crippen LogP) is 8.03. The number of nitrogens with zero attached hydrogens (tertiary/aromatic N) is 5. The van der Waals surface area contributed by atoms with Gasteiger partial charge in [-0.1, -0.05) is 41.9 Å². The molecule has 7 rings (SSSR count). The highest BCUT2D eigenvalue weighted by Gasteiger charge is 2.21. The largest absolute Gasteiger partial charge is 0.436 e. The molecular weight excluding hydrogens is 606 g/mol. The summed E-state index contributed by atoms with van der Waals surface area (Å²) in [5, 5.41) is 20.9. The number of benzene rings is 3. The fourth-order valence-corrected chi connectivity index (χ4v) is 7.15. The lowest BCUT2D eigenvalue weighted by molar-refractivity contribution is 0.175. The minimum Gasteiger partial charge on any atom is -0.436 e. The number of hydrogen-bond acceptors (Lipinski definition) is 7. The van der Waals surface area contributed by atoms with Gasteiger partial charge in [0.15, 0.2) is 5.58 Å². The van der Waals surface area contributed by atoms with Gasteiger partial charge in [0, 0.05) is 48.5 Å². The molecule has 238 valence electrons. The molecule has 2 saturated heterocycles. The molecule has 0 radical (unpaired) electrons. The Balaban J connectivity index is 1.16. The Labute approximate surface area is 280 Å². The molecule has 0 bridgehead atoms. The van der Waals surface area contributed by atoms with Gasteiger partial charge in [-0.3, -0.25) is 14.8 Å². The topological polar surface area (TPSA) is 89.4 Å². The van der Waals surface area contributed by atoms with Crippen LogP contribution in [0.15, 0.2) is 65.2 Å². The molecule has 8 heteroatoms. The summed E-state index contributed by atoms with van der Waals surface area (Å²) in [6.45, 7) is 9.73. The normalized spacial score (nSPS) is 17.3. The molecule has 0 aliphatic carbocycles. The van der Waals surface area contributed by atoms with Crippen molar-refractivity contribution >= 4 is 34.9 Å². The standard InChI is InChI=1S/C39H38ClN5O2/c1-25-18-28(35(40)20-29(25)23-44-15-3-4-16-44)9-10-36-34(21-41)33(12-14-42-36)31-6-5-7-32(26(31)2)39-43-37-19-27(8-11-38(37)47-39)22-45-17-13-30(46)24-45/h5-12,14,18-20,30,46H,3-4,13,15-17,22-24H2,1-2H3/b10-9+/t30-/m1/s1.